The summed E-state index contributed by atoms with van der Waals surface area (Å²) in [4.78, 5) is 21.4. The van der Waals surface area contributed by atoms with Crippen LogP contribution in [0.1, 0.15) is 6.92 Å². The number of amides is 1. The van der Waals surface area contributed by atoms with Crippen molar-refractivity contribution in [3.63, 3.8) is 0 Å². The van der Waals surface area contributed by atoms with Crippen LogP contribution in [0.3, 0.4) is 0 Å². The van der Waals surface area contributed by atoms with Crippen molar-refractivity contribution < 1.29 is 14.7 Å². The fraction of sp³-hybridized carbons (Fsp3) is 0.750. The first kappa shape index (κ1) is 12.2. The summed E-state index contributed by atoms with van der Waals surface area (Å²) >= 11 is 0. The molecule has 0 saturated heterocycles. The molecule has 0 unspecified atom stereocenters. The van der Waals surface area contributed by atoms with Crippen LogP contribution < -0.4 is 5.32 Å². The highest BCUT2D eigenvalue weighted by Crippen LogP contribution is 2.11. The molecule has 0 aromatic rings. The quantitative estimate of drug-likeness (QED) is 0.667. The van der Waals surface area contributed by atoms with Crippen molar-refractivity contribution in [1.29, 1.82) is 0 Å². The Labute approximate surface area is 79.3 Å². The maximum atomic E-state index is 10.7. The molecule has 76 valence electrons. The maximum Gasteiger partial charge on any atom is 0.325 e. The zero-order valence-corrected chi connectivity index (χ0v) is 9.55. The third kappa shape index (κ3) is 6.33. The summed E-state index contributed by atoms with van der Waals surface area (Å²) in [6.07, 6.45) is 0. The Hall–Kier alpha value is -0.843. The van der Waals surface area contributed by atoms with Crippen molar-refractivity contribution in [2.45, 2.75) is 38.7 Å². The molecule has 0 aliphatic rings. The van der Waals surface area contributed by atoms with Crippen LogP contribution in [0, 0.1) is 0 Å². The predicted octanol–water partition coefficient (Wildman–Crippen LogP) is 0.914. The van der Waals surface area contributed by atoms with Crippen LogP contribution in [-0.4, -0.2) is 31.1 Å². The maximum absolute atomic E-state index is 10.7. The topological polar surface area (TPSA) is 66.4 Å². The van der Waals surface area contributed by atoms with E-state index in [4.69, 9.17) is 5.11 Å². The van der Waals surface area contributed by atoms with Gasteiger partial charge in [-0.1, -0.05) is 19.6 Å². The lowest BCUT2D eigenvalue weighted by Gasteiger charge is -2.21. The highest BCUT2D eigenvalue weighted by molar-refractivity contribution is 6.76. The van der Waals surface area contributed by atoms with Crippen LogP contribution in [0.25, 0.3) is 0 Å². The third-order valence-electron chi connectivity index (χ3n) is 1.49. The van der Waals surface area contributed by atoms with Gasteiger partial charge in [0.1, 0.15) is 6.04 Å². The van der Waals surface area contributed by atoms with E-state index in [9.17, 15) is 9.59 Å². The summed E-state index contributed by atoms with van der Waals surface area (Å²) in [5.74, 6) is -1.23. The molecule has 0 aromatic heterocycles. The molecule has 0 spiro atoms. The van der Waals surface area contributed by atoms with Gasteiger partial charge in [-0.15, -0.1) is 0 Å². The van der Waals surface area contributed by atoms with Gasteiger partial charge in [-0.05, 0) is 6.04 Å². The van der Waals surface area contributed by atoms with Gasteiger partial charge in [0.05, 0.1) is 0 Å². The van der Waals surface area contributed by atoms with E-state index in [2.05, 4.69) is 25.0 Å². The second kappa shape index (κ2) is 4.41. The normalized spacial score (nSPS) is 13.5. The fourth-order valence-electron chi connectivity index (χ4n) is 1.06. The molecular weight excluding hydrogens is 186 g/mol. The van der Waals surface area contributed by atoms with E-state index in [0.29, 0.717) is 6.04 Å². The third-order valence-corrected chi connectivity index (χ3v) is 3.13. The summed E-state index contributed by atoms with van der Waals surface area (Å²) in [6, 6.07) is -0.147. The lowest BCUT2D eigenvalue weighted by atomic mass is 10.3. The predicted molar refractivity (Wildman–Crippen MR) is 53.4 cm³/mol. The molecule has 0 radical (unpaired) electrons. The molecule has 1 atom stereocenters. The van der Waals surface area contributed by atoms with E-state index in [1.54, 1.807) is 0 Å². The molecule has 2 N–H and O–H groups in total. The smallest absolute Gasteiger partial charge is 0.325 e. The number of hydrogen-bond acceptors (Lipinski definition) is 2. The minimum atomic E-state index is -1.45. The molecule has 1 amide bonds. The van der Waals surface area contributed by atoms with Gasteiger partial charge in [0.25, 0.3) is 0 Å². The van der Waals surface area contributed by atoms with Gasteiger partial charge in [0.2, 0.25) is 5.91 Å². The Balaban J connectivity index is 4.27. The van der Waals surface area contributed by atoms with Gasteiger partial charge >= 0.3 is 5.97 Å². The number of carboxylic acids is 1. The van der Waals surface area contributed by atoms with Crippen molar-refractivity contribution in [3.8, 4) is 0 Å². The minimum absolute atomic E-state index is 0.286. The van der Waals surface area contributed by atoms with E-state index >= 15 is 0 Å². The standard InChI is InChI=1S/C8H17NO3Si/c1-6(10)9-7(8(11)12)5-13(2,3)4/h7H,5H2,1-4H3,(H,9,10)(H,11,12)/t7-/m0/s1. The van der Waals surface area contributed by atoms with Crippen LogP contribution >= 0.6 is 0 Å². The molecule has 0 aliphatic carbocycles. The number of carboxylic acid groups (broad SMARTS) is 1. The molecule has 5 heteroatoms. The van der Waals surface area contributed by atoms with Crippen LogP contribution in [0.15, 0.2) is 0 Å². The van der Waals surface area contributed by atoms with E-state index < -0.39 is 20.1 Å². The number of carbonyl (C=O) groups excluding carboxylic acids is 1. The molecule has 0 aromatic carbocycles. The van der Waals surface area contributed by atoms with Gasteiger partial charge < -0.3 is 10.4 Å². The molecule has 13 heavy (non-hydrogen) atoms. The second-order valence-corrected chi connectivity index (χ2v) is 9.89. The lowest BCUT2D eigenvalue weighted by molar-refractivity contribution is -0.141. The largest absolute Gasteiger partial charge is 0.480 e. The molecule has 0 rings (SSSR count). The van der Waals surface area contributed by atoms with Crippen LogP contribution in [0.4, 0.5) is 0 Å². The van der Waals surface area contributed by atoms with E-state index in [0.717, 1.165) is 0 Å². The minimum Gasteiger partial charge on any atom is -0.480 e. The van der Waals surface area contributed by atoms with E-state index in [1.165, 1.54) is 6.92 Å². The van der Waals surface area contributed by atoms with Gasteiger partial charge in [-0.2, -0.15) is 0 Å². The molecule has 0 aliphatic heterocycles. The van der Waals surface area contributed by atoms with Gasteiger partial charge in [-0.25, -0.2) is 0 Å². The number of hydrogen-bond donors (Lipinski definition) is 2. The number of rotatable bonds is 4. The van der Waals surface area contributed by atoms with Gasteiger partial charge in [0.15, 0.2) is 0 Å². The van der Waals surface area contributed by atoms with E-state index in [-0.39, 0.29) is 5.91 Å². The van der Waals surface area contributed by atoms with Crippen molar-refractivity contribution in [2.24, 2.45) is 0 Å². The van der Waals surface area contributed by atoms with Crippen LogP contribution in [-0.2, 0) is 9.59 Å². The first-order valence-corrected chi connectivity index (χ1v) is 7.93. The zero-order valence-electron chi connectivity index (χ0n) is 8.55. The SMILES string of the molecule is CC(=O)N[C@@H](C[Si](C)(C)C)C(=O)O. The molecule has 4 nitrogen and oxygen atoms in total. The fourth-order valence-corrected chi connectivity index (χ4v) is 2.56. The number of nitrogens with one attached hydrogen (secondary N) is 1. The van der Waals surface area contributed by atoms with Crippen molar-refractivity contribution >= 4 is 20.0 Å². The van der Waals surface area contributed by atoms with Crippen molar-refractivity contribution in [3.05, 3.63) is 0 Å². The first-order chi connectivity index (χ1) is 5.72. The summed E-state index contributed by atoms with van der Waals surface area (Å²) < 4.78 is 0. The van der Waals surface area contributed by atoms with Gasteiger partial charge in [0, 0.05) is 15.0 Å². The summed E-state index contributed by atoms with van der Waals surface area (Å²) in [5, 5.41) is 11.2. The Morgan fingerprint density at radius 3 is 2.08 bits per heavy atom. The first-order valence-electron chi connectivity index (χ1n) is 4.22. The summed E-state index contributed by atoms with van der Waals surface area (Å²) in [5.41, 5.74) is 0. The van der Waals surface area contributed by atoms with Crippen molar-refractivity contribution in [2.75, 3.05) is 0 Å². The lowest BCUT2D eigenvalue weighted by Crippen LogP contribution is -2.44. The highest BCUT2D eigenvalue weighted by Gasteiger charge is 2.26. The van der Waals surface area contributed by atoms with Crippen LogP contribution in [0.2, 0.25) is 25.7 Å². The van der Waals surface area contributed by atoms with E-state index in [1.807, 2.05) is 0 Å². The summed E-state index contributed by atoms with van der Waals surface area (Å²) in [6.45, 7) is 7.56. The molecule has 0 fully saturated rings. The number of aliphatic carboxylic acids is 1. The molecule has 0 bridgehead atoms. The Morgan fingerprint density at radius 1 is 1.38 bits per heavy atom. The average molecular weight is 203 g/mol. The number of carbonyl (C=O) groups is 2. The summed E-state index contributed by atoms with van der Waals surface area (Å²) in [7, 11) is -1.45. The Bertz CT molecular complexity index is 210. The molecule has 0 saturated carbocycles. The monoisotopic (exact) mass is 203 g/mol. The average Bonchev–Trinajstić information content (AvgIpc) is 1.81. The second-order valence-electron chi connectivity index (χ2n) is 4.36. The van der Waals surface area contributed by atoms with Crippen molar-refractivity contribution in [1.82, 2.24) is 5.32 Å². The van der Waals surface area contributed by atoms with Gasteiger partial charge in [-0.3, -0.25) is 9.59 Å². The Kier molecular flexibility index (Phi) is 4.12. The molecular formula is C8H17NO3Si. The Morgan fingerprint density at radius 2 is 1.85 bits per heavy atom. The van der Waals surface area contributed by atoms with Crippen LogP contribution in [0.5, 0.6) is 0 Å². The highest BCUT2D eigenvalue weighted by atomic mass is 28.3. The molecule has 0 heterocycles. The zero-order chi connectivity index (χ0) is 10.6.